The first-order valence-corrected chi connectivity index (χ1v) is 4.88. The van der Waals surface area contributed by atoms with Gasteiger partial charge in [-0.1, -0.05) is 0 Å². The molecule has 0 aliphatic carbocycles. The fourth-order valence-corrected chi connectivity index (χ4v) is 1.34. The Balaban J connectivity index is 2.61. The van der Waals surface area contributed by atoms with Gasteiger partial charge in [0.2, 0.25) is 11.8 Å². The first-order chi connectivity index (χ1) is 8.93. The van der Waals surface area contributed by atoms with Crippen LogP contribution < -0.4 is 4.74 Å². The Morgan fingerprint density at radius 3 is 2.47 bits per heavy atom. The second-order valence-electron chi connectivity index (χ2n) is 3.31. The maximum Gasteiger partial charge on any atom is 0.426 e. The van der Waals surface area contributed by atoms with Gasteiger partial charge in [0.05, 0.1) is 7.11 Å². The van der Waals surface area contributed by atoms with Gasteiger partial charge >= 0.3 is 6.18 Å². The highest BCUT2D eigenvalue weighted by molar-refractivity contribution is 5.49. The lowest BCUT2D eigenvalue weighted by Crippen LogP contribution is -2.14. The largest absolute Gasteiger partial charge is 0.480 e. The molecule has 0 bridgehead atoms. The van der Waals surface area contributed by atoms with E-state index in [2.05, 4.69) is 24.7 Å². The minimum Gasteiger partial charge on any atom is -0.480 e. The van der Waals surface area contributed by atoms with Crippen LogP contribution >= 0.6 is 0 Å². The number of aromatic nitrogens is 4. The Bertz CT molecular complexity index is 588. The summed E-state index contributed by atoms with van der Waals surface area (Å²) in [6.07, 6.45) is -2.48. The van der Waals surface area contributed by atoms with Gasteiger partial charge in [-0.15, -0.1) is 0 Å². The summed E-state index contributed by atoms with van der Waals surface area (Å²) in [6, 6.07) is 1.33. The van der Waals surface area contributed by atoms with Crippen molar-refractivity contribution >= 4 is 0 Å². The van der Waals surface area contributed by atoms with Crippen molar-refractivity contribution in [1.82, 2.24) is 19.9 Å². The minimum atomic E-state index is -4.94. The molecule has 0 radical (unpaired) electrons. The fourth-order valence-electron chi connectivity index (χ4n) is 1.34. The summed E-state index contributed by atoms with van der Waals surface area (Å²) in [4.78, 5) is 14.0. The quantitative estimate of drug-likeness (QED) is 0.620. The van der Waals surface area contributed by atoms with Crippen LogP contribution in [0.25, 0.3) is 11.5 Å². The van der Waals surface area contributed by atoms with Crippen LogP contribution in [0.15, 0.2) is 18.6 Å². The fraction of sp³-hybridized carbons (Fsp3) is 0.200. The van der Waals surface area contributed by atoms with E-state index in [0.29, 0.717) is 0 Å². The number of hydrogen-bond acceptors (Lipinski definition) is 5. The number of nitrogens with zero attached hydrogens (tertiary/aromatic N) is 4. The Kier molecular flexibility index (Phi) is 3.28. The number of halogens is 4. The van der Waals surface area contributed by atoms with Crippen LogP contribution in [-0.4, -0.2) is 27.0 Å². The SMILES string of the molecule is COc1nc(-c2ccncn2)nc(F)c1C(F)(F)F. The highest BCUT2D eigenvalue weighted by atomic mass is 19.4. The number of rotatable bonds is 2. The van der Waals surface area contributed by atoms with Gasteiger partial charge in [-0.3, -0.25) is 0 Å². The van der Waals surface area contributed by atoms with E-state index in [4.69, 9.17) is 0 Å². The Morgan fingerprint density at radius 1 is 1.21 bits per heavy atom. The molecule has 0 aliphatic rings. The summed E-state index contributed by atoms with van der Waals surface area (Å²) in [5.41, 5.74) is -1.56. The molecule has 0 fully saturated rings. The Hall–Kier alpha value is -2.32. The zero-order chi connectivity index (χ0) is 14.0. The second kappa shape index (κ2) is 4.75. The highest BCUT2D eigenvalue weighted by Crippen LogP contribution is 2.37. The molecular formula is C10H6F4N4O. The van der Waals surface area contributed by atoms with E-state index in [9.17, 15) is 17.6 Å². The van der Waals surface area contributed by atoms with Crippen molar-refractivity contribution in [3.63, 3.8) is 0 Å². The third-order valence-electron chi connectivity index (χ3n) is 2.12. The number of ether oxygens (including phenoxy) is 1. The molecule has 0 aromatic carbocycles. The maximum absolute atomic E-state index is 13.5. The van der Waals surface area contributed by atoms with Crippen molar-refractivity contribution in [2.24, 2.45) is 0 Å². The first kappa shape index (κ1) is 13.1. The van der Waals surface area contributed by atoms with E-state index >= 15 is 0 Å². The molecule has 0 saturated carbocycles. The monoisotopic (exact) mass is 274 g/mol. The molecule has 0 atom stereocenters. The summed E-state index contributed by atoms with van der Waals surface area (Å²) >= 11 is 0. The van der Waals surface area contributed by atoms with Gasteiger partial charge in [-0.25, -0.2) is 9.97 Å². The summed E-state index contributed by atoms with van der Waals surface area (Å²) in [6.45, 7) is 0. The van der Waals surface area contributed by atoms with Gasteiger partial charge < -0.3 is 4.74 Å². The molecule has 0 aliphatic heterocycles. The van der Waals surface area contributed by atoms with Crippen molar-refractivity contribution in [3.05, 3.63) is 30.1 Å². The van der Waals surface area contributed by atoms with Gasteiger partial charge in [0.15, 0.2) is 11.4 Å². The summed E-state index contributed by atoms with van der Waals surface area (Å²) in [7, 11) is 0.959. The molecule has 2 aromatic rings. The summed E-state index contributed by atoms with van der Waals surface area (Å²) < 4.78 is 55.8. The lowest BCUT2D eigenvalue weighted by molar-refractivity contribution is -0.142. The second-order valence-corrected chi connectivity index (χ2v) is 3.31. The van der Waals surface area contributed by atoms with Gasteiger partial charge in [-0.05, 0) is 6.07 Å². The van der Waals surface area contributed by atoms with E-state index in [1.165, 1.54) is 12.3 Å². The van der Waals surface area contributed by atoms with Crippen molar-refractivity contribution in [2.75, 3.05) is 7.11 Å². The summed E-state index contributed by atoms with van der Waals surface area (Å²) in [5.74, 6) is -2.92. The van der Waals surface area contributed by atoms with E-state index in [-0.39, 0.29) is 11.5 Å². The van der Waals surface area contributed by atoms with Gasteiger partial charge in [-0.2, -0.15) is 27.5 Å². The average molecular weight is 274 g/mol. The van der Waals surface area contributed by atoms with E-state index in [0.717, 1.165) is 13.4 Å². The molecule has 0 N–H and O–H groups in total. The molecule has 0 spiro atoms. The predicted molar refractivity (Wildman–Crippen MR) is 54.6 cm³/mol. The van der Waals surface area contributed by atoms with Crippen molar-refractivity contribution < 1.29 is 22.3 Å². The van der Waals surface area contributed by atoms with Crippen molar-refractivity contribution in [1.29, 1.82) is 0 Å². The van der Waals surface area contributed by atoms with E-state index in [1.54, 1.807) is 0 Å². The van der Waals surface area contributed by atoms with Crippen molar-refractivity contribution in [3.8, 4) is 17.4 Å². The van der Waals surface area contributed by atoms with Crippen LogP contribution in [0.2, 0.25) is 0 Å². The zero-order valence-corrected chi connectivity index (χ0v) is 9.44. The third kappa shape index (κ3) is 2.59. The van der Waals surface area contributed by atoms with E-state index in [1.807, 2.05) is 0 Å². The van der Waals surface area contributed by atoms with Crippen LogP contribution in [-0.2, 0) is 6.18 Å². The standard InChI is InChI=1S/C10H6F4N4O/c1-19-9-6(10(12,13)14)7(11)17-8(18-9)5-2-3-15-4-16-5/h2-4H,1H3. The van der Waals surface area contributed by atoms with Crippen LogP contribution in [0.5, 0.6) is 5.88 Å². The van der Waals surface area contributed by atoms with Gasteiger partial charge in [0.1, 0.15) is 12.0 Å². The molecule has 100 valence electrons. The molecule has 2 heterocycles. The third-order valence-corrected chi connectivity index (χ3v) is 2.12. The highest BCUT2D eigenvalue weighted by Gasteiger charge is 2.40. The molecule has 2 aromatic heterocycles. The summed E-state index contributed by atoms with van der Waals surface area (Å²) in [5, 5.41) is 0. The molecule has 5 nitrogen and oxygen atoms in total. The minimum absolute atomic E-state index is 0.0842. The molecule has 0 amide bonds. The predicted octanol–water partition coefficient (Wildman–Crippen LogP) is 2.10. The van der Waals surface area contributed by atoms with Gasteiger partial charge in [0, 0.05) is 6.20 Å². The number of alkyl halides is 3. The smallest absolute Gasteiger partial charge is 0.426 e. The number of hydrogen-bond donors (Lipinski definition) is 0. The van der Waals surface area contributed by atoms with Crippen LogP contribution in [0.3, 0.4) is 0 Å². The molecule has 0 unspecified atom stereocenters. The Labute approximate surface area is 104 Å². The zero-order valence-electron chi connectivity index (χ0n) is 9.44. The first-order valence-electron chi connectivity index (χ1n) is 4.88. The van der Waals surface area contributed by atoms with Crippen molar-refractivity contribution in [2.45, 2.75) is 6.18 Å². The molecule has 9 heteroatoms. The van der Waals surface area contributed by atoms with Crippen LogP contribution in [0, 0.1) is 5.95 Å². The number of methoxy groups -OCH3 is 1. The lowest BCUT2D eigenvalue weighted by atomic mass is 10.3. The molecule has 0 saturated heterocycles. The normalized spacial score (nSPS) is 11.4. The Morgan fingerprint density at radius 2 is 1.95 bits per heavy atom. The average Bonchev–Trinajstić information content (AvgIpc) is 2.37. The topological polar surface area (TPSA) is 60.8 Å². The van der Waals surface area contributed by atoms with Crippen LogP contribution in [0.4, 0.5) is 17.6 Å². The lowest BCUT2D eigenvalue weighted by Gasteiger charge is -2.12. The maximum atomic E-state index is 13.5. The molecular weight excluding hydrogens is 268 g/mol. The van der Waals surface area contributed by atoms with Gasteiger partial charge in [0.25, 0.3) is 0 Å². The van der Waals surface area contributed by atoms with E-state index < -0.39 is 23.6 Å². The molecule has 19 heavy (non-hydrogen) atoms. The molecule has 2 rings (SSSR count). The van der Waals surface area contributed by atoms with Crippen LogP contribution in [0.1, 0.15) is 5.56 Å².